The molecule has 0 aliphatic carbocycles. The molecular weight excluding hydrogens is 416 g/mol. The Morgan fingerprint density at radius 3 is 2.30 bits per heavy atom. The third kappa shape index (κ3) is 5.07. The third-order valence-electron chi connectivity index (χ3n) is 5.71. The highest BCUT2D eigenvalue weighted by atomic mass is 32.2. The van der Waals surface area contributed by atoms with Crippen molar-refractivity contribution in [2.24, 2.45) is 5.92 Å². The molecule has 1 heterocycles. The van der Waals surface area contributed by atoms with Gasteiger partial charge in [-0.25, -0.2) is 8.42 Å². The zero-order valence-corrected chi connectivity index (χ0v) is 19.7. The van der Waals surface area contributed by atoms with E-state index in [0.29, 0.717) is 37.4 Å². The van der Waals surface area contributed by atoms with E-state index >= 15 is 0 Å². The summed E-state index contributed by atoms with van der Waals surface area (Å²) in [5.41, 5.74) is 2.90. The van der Waals surface area contributed by atoms with E-state index in [1.807, 2.05) is 39.3 Å². The molecule has 0 spiro atoms. The lowest BCUT2D eigenvalue weighted by molar-refractivity contribution is -0.135. The fraction of sp³-hybridized carbons (Fsp3) is 0.435. The molecule has 5 nitrogen and oxygen atoms in total. The topological polar surface area (TPSA) is 57.7 Å². The quantitative estimate of drug-likeness (QED) is 0.627. The van der Waals surface area contributed by atoms with Crippen LogP contribution in [0.1, 0.15) is 29.5 Å². The molecule has 2 aromatic rings. The van der Waals surface area contributed by atoms with Gasteiger partial charge in [0.05, 0.1) is 4.90 Å². The molecule has 3 rings (SSSR count). The predicted octanol–water partition coefficient (Wildman–Crippen LogP) is 4.08. The fourth-order valence-electron chi connectivity index (χ4n) is 3.97. The van der Waals surface area contributed by atoms with Gasteiger partial charge in [0.2, 0.25) is 15.9 Å². The number of carbonyl (C=O) groups is 1. The average molecular weight is 447 g/mol. The van der Waals surface area contributed by atoms with E-state index in [1.54, 1.807) is 22.7 Å². The van der Waals surface area contributed by atoms with Crippen LogP contribution in [0.4, 0.5) is 0 Å². The van der Waals surface area contributed by atoms with Gasteiger partial charge < -0.3 is 4.90 Å². The highest BCUT2D eigenvalue weighted by Gasteiger charge is 2.33. The van der Waals surface area contributed by atoms with Gasteiger partial charge in [-0.05, 0) is 62.3 Å². The van der Waals surface area contributed by atoms with Crippen LogP contribution >= 0.6 is 11.8 Å². The fourth-order valence-corrected chi connectivity index (χ4v) is 6.05. The number of thioether (sulfide) groups is 1. The van der Waals surface area contributed by atoms with Gasteiger partial charge in [-0.15, -0.1) is 11.8 Å². The first-order chi connectivity index (χ1) is 14.2. The van der Waals surface area contributed by atoms with Crippen LogP contribution in [0, 0.1) is 19.8 Å². The Bertz CT molecular complexity index is 996. The predicted molar refractivity (Wildman–Crippen MR) is 122 cm³/mol. The van der Waals surface area contributed by atoms with Gasteiger partial charge in [-0.1, -0.05) is 29.8 Å². The molecule has 1 amide bonds. The molecule has 1 aliphatic heterocycles. The number of carbonyl (C=O) groups excluding carboxylic acids is 1. The number of rotatable bonds is 6. The van der Waals surface area contributed by atoms with E-state index in [2.05, 4.69) is 24.3 Å². The van der Waals surface area contributed by atoms with Gasteiger partial charge in [-0.2, -0.15) is 4.31 Å². The number of amides is 1. The summed E-state index contributed by atoms with van der Waals surface area (Å²) in [5.74, 6) is -0.0430. The first-order valence-electron chi connectivity index (χ1n) is 10.2. The molecule has 1 fully saturated rings. The Kier molecular flexibility index (Phi) is 7.26. The minimum Gasteiger partial charge on any atom is -0.341 e. The Morgan fingerprint density at radius 2 is 1.73 bits per heavy atom. The van der Waals surface area contributed by atoms with Crippen LogP contribution in [0.15, 0.2) is 52.3 Å². The summed E-state index contributed by atoms with van der Waals surface area (Å²) in [4.78, 5) is 16.2. The van der Waals surface area contributed by atoms with Crippen molar-refractivity contribution in [2.45, 2.75) is 43.0 Å². The molecule has 0 bridgehead atoms. The molecule has 0 N–H and O–H groups in total. The molecule has 1 aliphatic rings. The number of sulfonamides is 1. The number of hydrogen-bond donors (Lipinski definition) is 0. The van der Waals surface area contributed by atoms with E-state index in [1.165, 1.54) is 9.20 Å². The lowest BCUT2D eigenvalue weighted by atomic mass is 9.96. The lowest BCUT2D eigenvalue weighted by Gasteiger charge is -2.33. The Morgan fingerprint density at radius 1 is 1.10 bits per heavy atom. The zero-order chi connectivity index (χ0) is 21.9. The number of hydrogen-bond acceptors (Lipinski definition) is 4. The highest BCUT2D eigenvalue weighted by molar-refractivity contribution is 7.98. The van der Waals surface area contributed by atoms with Crippen molar-refractivity contribution in [3.63, 3.8) is 0 Å². The van der Waals surface area contributed by atoms with Crippen molar-refractivity contribution < 1.29 is 13.2 Å². The van der Waals surface area contributed by atoms with Gasteiger partial charge in [0, 0.05) is 37.5 Å². The second-order valence-electron chi connectivity index (χ2n) is 7.99. The van der Waals surface area contributed by atoms with E-state index in [4.69, 9.17) is 0 Å². The first kappa shape index (κ1) is 22.8. The molecule has 0 atom stereocenters. The van der Waals surface area contributed by atoms with Gasteiger partial charge in [0.15, 0.2) is 0 Å². The van der Waals surface area contributed by atoms with E-state index < -0.39 is 10.0 Å². The average Bonchev–Trinajstić information content (AvgIpc) is 2.73. The maximum atomic E-state index is 13.1. The molecule has 0 unspecified atom stereocenters. The second kappa shape index (κ2) is 9.54. The summed E-state index contributed by atoms with van der Waals surface area (Å²) in [6.07, 6.45) is 3.15. The number of nitrogens with zero attached hydrogens (tertiary/aromatic N) is 2. The van der Waals surface area contributed by atoms with Gasteiger partial charge in [-0.3, -0.25) is 4.79 Å². The molecule has 30 heavy (non-hydrogen) atoms. The van der Waals surface area contributed by atoms with Crippen molar-refractivity contribution in [3.05, 3.63) is 59.2 Å². The van der Waals surface area contributed by atoms with Gasteiger partial charge in [0.25, 0.3) is 0 Å². The second-order valence-corrected chi connectivity index (χ2v) is 10.8. The van der Waals surface area contributed by atoms with Crippen LogP contribution in [0.25, 0.3) is 0 Å². The molecule has 0 radical (unpaired) electrons. The lowest BCUT2D eigenvalue weighted by Crippen LogP contribution is -2.43. The molecule has 0 saturated carbocycles. The minimum absolute atomic E-state index is 0.0903. The van der Waals surface area contributed by atoms with Crippen molar-refractivity contribution in [1.82, 2.24) is 9.21 Å². The molecular formula is C23H30N2O3S2. The van der Waals surface area contributed by atoms with Crippen molar-refractivity contribution in [2.75, 3.05) is 26.4 Å². The monoisotopic (exact) mass is 446 g/mol. The number of piperidine rings is 1. The van der Waals surface area contributed by atoms with Crippen LogP contribution in [0.5, 0.6) is 0 Å². The van der Waals surface area contributed by atoms with Crippen molar-refractivity contribution >= 4 is 27.7 Å². The minimum atomic E-state index is -3.53. The number of aryl methyl sites for hydroxylation is 2. The molecule has 1 saturated heterocycles. The van der Waals surface area contributed by atoms with Gasteiger partial charge >= 0.3 is 0 Å². The van der Waals surface area contributed by atoms with E-state index in [0.717, 1.165) is 16.7 Å². The highest BCUT2D eigenvalue weighted by Crippen LogP contribution is 2.27. The summed E-state index contributed by atoms with van der Waals surface area (Å²) in [6.45, 7) is 5.10. The molecule has 7 heteroatoms. The summed E-state index contributed by atoms with van der Waals surface area (Å²) >= 11 is 1.69. The summed E-state index contributed by atoms with van der Waals surface area (Å²) in [6, 6.07) is 13.6. The van der Waals surface area contributed by atoms with Crippen LogP contribution in [-0.4, -0.2) is 49.9 Å². The number of benzene rings is 2. The SMILES string of the molecule is CSc1ccc(CN(C)C(=O)C2CCN(S(=O)(=O)c3ccc(C)cc3C)CC2)cc1. The Labute approximate surface area is 184 Å². The maximum Gasteiger partial charge on any atom is 0.243 e. The van der Waals surface area contributed by atoms with Crippen molar-refractivity contribution in [3.8, 4) is 0 Å². The van der Waals surface area contributed by atoms with Crippen molar-refractivity contribution in [1.29, 1.82) is 0 Å². The summed E-state index contributed by atoms with van der Waals surface area (Å²) in [5, 5.41) is 0. The van der Waals surface area contributed by atoms with Crippen LogP contribution in [0.2, 0.25) is 0 Å². The smallest absolute Gasteiger partial charge is 0.243 e. The summed E-state index contributed by atoms with van der Waals surface area (Å²) in [7, 11) is -1.70. The van der Waals surface area contributed by atoms with E-state index in [9.17, 15) is 13.2 Å². The molecule has 2 aromatic carbocycles. The standard InChI is InChI=1S/C23H30N2O3S2/c1-17-5-10-22(18(2)15-17)30(27,28)25-13-11-20(12-14-25)23(26)24(3)16-19-6-8-21(29-4)9-7-19/h5-10,15,20H,11-14,16H2,1-4H3. The van der Waals surface area contributed by atoms with Gasteiger partial charge in [0.1, 0.15) is 0 Å². The van der Waals surface area contributed by atoms with Crippen LogP contribution < -0.4 is 0 Å². The normalized spacial score (nSPS) is 15.9. The Balaban J connectivity index is 1.60. The third-order valence-corrected chi connectivity index (χ3v) is 8.51. The first-order valence-corrected chi connectivity index (χ1v) is 12.8. The molecule has 162 valence electrons. The van der Waals surface area contributed by atoms with Crippen LogP contribution in [-0.2, 0) is 21.4 Å². The Hall–Kier alpha value is -1.83. The zero-order valence-electron chi connectivity index (χ0n) is 18.1. The molecule has 0 aromatic heterocycles. The maximum absolute atomic E-state index is 13.1. The van der Waals surface area contributed by atoms with Crippen LogP contribution in [0.3, 0.4) is 0 Å². The largest absolute Gasteiger partial charge is 0.341 e. The van der Waals surface area contributed by atoms with E-state index in [-0.39, 0.29) is 11.8 Å². The summed E-state index contributed by atoms with van der Waals surface area (Å²) < 4.78 is 27.6.